The highest BCUT2D eigenvalue weighted by atomic mass is 32.1. The average Bonchev–Trinajstić information content (AvgIpc) is 3.15. The van der Waals surface area contributed by atoms with E-state index in [1.165, 1.54) is 17.5 Å². The van der Waals surface area contributed by atoms with Gasteiger partial charge in [-0.2, -0.15) is 5.10 Å². The average molecular weight is 415 g/mol. The summed E-state index contributed by atoms with van der Waals surface area (Å²) in [5.74, 6) is 0. The van der Waals surface area contributed by atoms with Crippen LogP contribution in [0.5, 0.6) is 0 Å². The maximum atomic E-state index is 12.1. The van der Waals surface area contributed by atoms with E-state index in [1.54, 1.807) is 31.4 Å². The van der Waals surface area contributed by atoms with Crippen molar-refractivity contribution in [3.05, 3.63) is 80.6 Å². The van der Waals surface area contributed by atoms with Crippen LogP contribution in [0.4, 0.5) is 5.69 Å². The number of benzene rings is 1. The maximum absolute atomic E-state index is 12.1. The highest BCUT2D eigenvalue weighted by Gasteiger charge is 2.21. The first kappa shape index (κ1) is 19.4. The lowest BCUT2D eigenvalue weighted by Crippen LogP contribution is -2.14. The Hall–Kier alpha value is -3.87. The number of H-pyrrole nitrogens is 1. The molecule has 9 heteroatoms. The van der Waals surface area contributed by atoms with Crippen molar-refractivity contribution >= 4 is 49.3 Å². The summed E-state index contributed by atoms with van der Waals surface area (Å²) < 4.78 is 0. The van der Waals surface area contributed by atoms with Gasteiger partial charge in [-0.1, -0.05) is 12.1 Å². The van der Waals surface area contributed by atoms with E-state index in [-0.39, 0.29) is 12.1 Å². The Bertz CT molecular complexity index is 1440. The largest absolute Gasteiger partial charge is 0.404 e. The van der Waals surface area contributed by atoms with Gasteiger partial charge in [-0.05, 0) is 23.8 Å². The minimum Gasteiger partial charge on any atom is -0.404 e. The van der Waals surface area contributed by atoms with Crippen LogP contribution in [0.15, 0.2) is 52.5 Å². The number of allylic oxidation sites excluding steroid dienone is 1. The van der Waals surface area contributed by atoms with Gasteiger partial charge in [0, 0.05) is 42.3 Å². The Morgan fingerprint density at radius 3 is 2.87 bits per heavy atom. The Labute approximate surface area is 175 Å². The van der Waals surface area contributed by atoms with Gasteiger partial charge in [0.05, 0.1) is 28.2 Å². The van der Waals surface area contributed by atoms with Crippen molar-refractivity contribution in [1.29, 1.82) is 0 Å². The topological polar surface area (TPSA) is 127 Å². The van der Waals surface area contributed by atoms with E-state index in [9.17, 15) is 4.79 Å². The van der Waals surface area contributed by atoms with Gasteiger partial charge in [0.1, 0.15) is 4.83 Å². The van der Waals surface area contributed by atoms with E-state index in [0.717, 1.165) is 15.8 Å². The van der Waals surface area contributed by atoms with E-state index in [2.05, 4.69) is 25.0 Å². The van der Waals surface area contributed by atoms with E-state index < -0.39 is 0 Å². The number of aromatic amines is 1. The summed E-state index contributed by atoms with van der Waals surface area (Å²) in [6, 6.07) is 9.01. The predicted octanol–water partition coefficient (Wildman–Crippen LogP) is 2.96. The quantitative estimate of drug-likeness (QED) is 0.349. The number of nitrogens with two attached hydrogens (primary N) is 2. The number of fused-ring (bicyclic) bond motifs is 2. The van der Waals surface area contributed by atoms with E-state index >= 15 is 0 Å². The molecule has 0 aliphatic heterocycles. The lowest BCUT2D eigenvalue weighted by molar-refractivity contribution is 0.900. The molecule has 30 heavy (non-hydrogen) atoms. The molecule has 3 heterocycles. The summed E-state index contributed by atoms with van der Waals surface area (Å²) in [5, 5.41) is 8.43. The van der Waals surface area contributed by atoms with E-state index in [1.807, 2.05) is 12.1 Å². The third kappa shape index (κ3) is 3.04. The molecule has 0 aliphatic rings. The molecular formula is C21H17N7OS. The standard InChI is InChI=1S/C21H17N7OS/c1-24-17-13-4-3-7-26-21(13)30-19(17)18(25-2)15(9-22)11-5-6-12-14(8-11)16(10-23)27-28-20(12)29/h3-9H,10,22-23H2,2H3,(H,28,29)/b15-9-,25-18?. The minimum atomic E-state index is -0.290. The number of aliphatic imine (C=N–C) groups is 1. The summed E-state index contributed by atoms with van der Waals surface area (Å²) in [4.78, 5) is 26.1. The number of nitrogens with one attached hydrogen (secondary N) is 1. The second-order valence-electron chi connectivity index (χ2n) is 6.36. The van der Waals surface area contributed by atoms with E-state index in [4.69, 9.17) is 18.0 Å². The Balaban J connectivity index is 1.93. The third-order valence-electron chi connectivity index (χ3n) is 4.78. The van der Waals surface area contributed by atoms with Gasteiger partial charge < -0.3 is 11.5 Å². The van der Waals surface area contributed by atoms with Crippen molar-refractivity contribution < 1.29 is 0 Å². The molecule has 0 aliphatic carbocycles. The smallest absolute Gasteiger partial charge is 0.272 e. The van der Waals surface area contributed by atoms with Gasteiger partial charge in [-0.3, -0.25) is 9.79 Å². The molecule has 0 radical (unpaired) electrons. The highest BCUT2D eigenvalue weighted by Crippen LogP contribution is 2.39. The number of thiophene rings is 1. The van der Waals surface area contributed by atoms with Crippen LogP contribution in [0.2, 0.25) is 0 Å². The third-order valence-corrected chi connectivity index (χ3v) is 5.89. The molecule has 5 N–H and O–H groups in total. The normalized spacial score (nSPS) is 12.4. The molecular weight excluding hydrogens is 398 g/mol. The molecule has 0 saturated heterocycles. The van der Waals surface area contributed by atoms with Crippen LogP contribution >= 0.6 is 11.3 Å². The Morgan fingerprint density at radius 1 is 1.33 bits per heavy atom. The summed E-state index contributed by atoms with van der Waals surface area (Å²) in [6.07, 6.45) is 3.15. The molecule has 148 valence electrons. The fraction of sp³-hybridized carbons (Fsp3) is 0.0952. The molecule has 3 aromatic heterocycles. The van der Waals surface area contributed by atoms with Crippen molar-refractivity contribution in [3.63, 3.8) is 0 Å². The zero-order chi connectivity index (χ0) is 21.3. The van der Waals surface area contributed by atoms with Gasteiger partial charge >= 0.3 is 0 Å². The number of nitrogens with zero attached hydrogens (tertiary/aromatic N) is 4. The first-order chi connectivity index (χ1) is 14.6. The molecule has 4 rings (SSSR count). The van der Waals surface area contributed by atoms with Crippen molar-refractivity contribution in [2.24, 2.45) is 16.5 Å². The summed E-state index contributed by atoms with van der Waals surface area (Å²) in [7, 11) is 1.66. The number of hydrogen-bond donors (Lipinski definition) is 3. The number of rotatable bonds is 4. The lowest BCUT2D eigenvalue weighted by atomic mass is 9.97. The van der Waals surface area contributed by atoms with Crippen molar-refractivity contribution in [2.45, 2.75) is 6.54 Å². The second-order valence-corrected chi connectivity index (χ2v) is 7.36. The van der Waals surface area contributed by atoms with Gasteiger partial charge in [-0.15, -0.1) is 11.3 Å². The summed E-state index contributed by atoms with van der Waals surface area (Å²) in [6.45, 7) is 7.85. The fourth-order valence-electron chi connectivity index (χ4n) is 3.39. The summed E-state index contributed by atoms with van der Waals surface area (Å²) in [5.41, 5.74) is 14.5. The maximum Gasteiger partial charge on any atom is 0.272 e. The Kier molecular flexibility index (Phi) is 5.10. The van der Waals surface area contributed by atoms with Gasteiger partial charge in [0.2, 0.25) is 5.69 Å². The van der Waals surface area contributed by atoms with Crippen molar-refractivity contribution in [3.8, 4) is 0 Å². The van der Waals surface area contributed by atoms with Crippen LogP contribution < -0.4 is 17.0 Å². The monoisotopic (exact) mass is 415 g/mol. The first-order valence-corrected chi connectivity index (χ1v) is 9.80. The molecule has 4 aromatic rings. The molecule has 8 nitrogen and oxygen atoms in total. The molecule has 0 bridgehead atoms. The summed E-state index contributed by atoms with van der Waals surface area (Å²) >= 11 is 1.39. The minimum absolute atomic E-state index is 0.178. The molecule has 1 aromatic carbocycles. The van der Waals surface area contributed by atoms with Crippen LogP contribution in [0, 0.1) is 6.57 Å². The molecule has 0 saturated carbocycles. The van der Waals surface area contributed by atoms with Crippen LogP contribution in [0.3, 0.4) is 0 Å². The van der Waals surface area contributed by atoms with Gasteiger partial charge in [0.25, 0.3) is 5.56 Å². The second kappa shape index (κ2) is 7.87. The first-order valence-electron chi connectivity index (χ1n) is 8.99. The van der Waals surface area contributed by atoms with Gasteiger partial charge in [0.15, 0.2) is 0 Å². The molecule has 0 unspecified atom stereocenters. The number of aromatic nitrogens is 3. The predicted molar refractivity (Wildman–Crippen MR) is 121 cm³/mol. The SMILES string of the molecule is [C-]#[N+]c1c(C(=NC)/C(=C\N)c2ccc3c(=O)[nH]nc(CN)c3c2)sc2ncccc12. The molecule has 0 atom stereocenters. The van der Waals surface area contributed by atoms with Crippen molar-refractivity contribution in [2.75, 3.05) is 7.05 Å². The zero-order valence-electron chi connectivity index (χ0n) is 16.0. The van der Waals surface area contributed by atoms with Crippen LogP contribution in [-0.2, 0) is 6.54 Å². The lowest BCUT2D eigenvalue weighted by Gasteiger charge is -2.12. The molecule has 0 amide bonds. The fourth-order valence-corrected chi connectivity index (χ4v) is 4.52. The highest BCUT2D eigenvalue weighted by molar-refractivity contribution is 7.21. The molecule has 0 spiro atoms. The number of hydrogen-bond acceptors (Lipinski definition) is 7. The zero-order valence-corrected chi connectivity index (χ0v) is 16.8. The Morgan fingerprint density at radius 2 is 2.17 bits per heavy atom. The number of pyridine rings is 1. The molecule has 0 fully saturated rings. The van der Waals surface area contributed by atoms with Gasteiger partial charge in [-0.25, -0.2) is 14.9 Å². The van der Waals surface area contributed by atoms with Crippen molar-refractivity contribution in [1.82, 2.24) is 15.2 Å². The van der Waals surface area contributed by atoms with Crippen LogP contribution in [-0.4, -0.2) is 27.9 Å². The van der Waals surface area contributed by atoms with E-state index in [0.29, 0.717) is 38.3 Å². The van der Waals surface area contributed by atoms with Crippen LogP contribution in [0.25, 0.3) is 31.4 Å². The van der Waals surface area contributed by atoms with Crippen LogP contribution in [0.1, 0.15) is 16.1 Å².